The lowest BCUT2D eigenvalue weighted by molar-refractivity contribution is -0.137. The summed E-state index contributed by atoms with van der Waals surface area (Å²) in [5.41, 5.74) is 1.10. The van der Waals surface area contributed by atoms with Crippen LogP contribution in [-0.4, -0.2) is 36.8 Å². The SMILES string of the molecule is O=C(O)C1=CN2C(=O)C[C@H]2SC1Sc1ccccc1-c1cnco1. The summed E-state index contributed by atoms with van der Waals surface area (Å²) in [6.07, 6.45) is 4.93. The van der Waals surface area contributed by atoms with Crippen LogP contribution < -0.4 is 0 Å². The van der Waals surface area contributed by atoms with E-state index in [1.807, 2.05) is 24.3 Å². The number of rotatable bonds is 4. The Hall–Kier alpha value is -2.19. The van der Waals surface area contributed by atoms with Crippen LogP contribution in [0.25, 0.3) is 11.3 Å². The van der Waals surface area contributed by atoms with Gasteiger partial charge in [0.25, 0.3) is 0 Å². The molecule has 122 valence electrons. The number of hydrogen-bond acceptors (Lipinski definition) is 6. The lowest BCUT2D eigenvalue weighted by Crippen LogP contribution is -2.50. The minimum absolute atomic E-state index is 0.0236. The fourth-order valence-electron chi connectivity index (χ4n) is 2.58. The number of fused-ring (bicyclic) bond motifs is 1. The highest BCUT2D eigenvalue weighted by molar-refractivity contribution is 8.17. The van der Waals surface area contributed by atoms with E-state index >= 15 is 0 Å². The number of carbonyl (C=O) groups is 2. The zero-order valence-corrected chi connectivity index (χ0v) is 13.9. The summed E-state index contributed by atoms with van der Waals surface area (Å²) in [4.78, 5) is 29.5. The van der Waals surface area contributed by atoms with Crippen LogP contribution in [0.1, 0.15) is 6.42 Å². The second-order valence-electron chi connectivity index (χ2n) is 5.30. The predicted octanol–water partition coefficient (Wildman–Crippen LogP) is 3.03. The Kier molecular flexibility index (Phi) is 3.85. The standard InChI is InChI=1S/C16H12N2O4S2/c19-13-5-14-18(13)7-10(15(20)21)16(24-14)23-12-4-2-1-3-9(12)11-6-17-8-22-11/h1-4,6-8,14,16H,5H2,(H,20,21)/t14-,16?/m1/s1. The first-order valence-electron chi connectivity index (χ1n) is 7.19. The molecule has 0 radical (unpaired) electrons. The van der Waals surface area contributed by atoms with Crippen LogP contribution in [-0.2, 0) is 9.59 Å². The zero-order valence-electron chi connectivity index (χ0n) is 12.3. The first kappa shape index (κ1) is 15.3. The van der Waals surface area contributed by atoms with E-state index in [0.717, 1.165) is 10.5 Å². The third kappa shape index (κ3) is 2.61. The van der Waals surface area contributed by atoms with Gasteiger partial charge in [-0.15, -0.1) is 23.5 Å². The molecule has 1 saturated heterocycles. The molecule has 1 fully saturated rings. The number of β-lactam (4-membered cyclic amide) rings is 1. The maximum absolute atomic E-state index is 11.6. The summed E-state index contributed by atoms with van der Waals surface area (Å²) < 4.78 is 5.08. The Labute approximate surface area is 145 Å². The normalized spacial score (nSPS) is 22.6. The van der Waals surface area contributed by atoms with Crippen LogP contribution >= 0.6 is 23.5 Å². The number of benzene rings is 1. The van der Waals surface area contributed by atoms with Crippen molar-refractivity contribution in [2.75, 3.05) is 0 Å². The second kappa shape index (κ2) is 6.03. The highest BCUT2D eigenvalue weighted by Crippen LogP contribution is 2.48. The van der Waals surface area contributed by atoms with Crippen molar-refractivity contribution in [3.8, 4) is 11.3 Å². The third-order valence-electron chi connectivity index (χ3n) is 3.83. The quantitative estimate of drug-likeness (QED) is 0.839. The van der Waals surface area contributed by atoms with E-state index in [1.54, 1.807) is 6.20 Å². The molecule has 1 unspecified atom stereocenters. The van der Waals surface area contributed by atoms with Gasteiger partial charge in [-0.2, -0.15) is 0 Å². The number of thioether (sulfide) groups is 2. The van der Waals surface area contributed by atoms with Gasteiger partial charge >= 0.3 is 5.97 Å². The Balaban J connectivity index is 1.66. The number of carboxylic acid groups (broad SMARTS) is 1. The summed E-state index contributed by atoms with van der Waals surface area (Å²) in [5, 5.41) is 9.52. The van der Waals surface area contributed by atoms with Crippen LogP contribution in [0.15, 0.2) is 57.9 Å². The van der Waals surface area contributed by atoms with Gasteiger partial charge in [-0.05, 0) is 6.07 Å². The molecule has 1 aromatic carbocycles. The van der Waals surface area contributed by atoms with Gasteiger partial charge in [0.2, 0.25) is 5.91 Å². The fraction of sp³-hybridized carbons (Fsp3) is 0.188. The first-order chi connectivity index (χ1) is 11.6. The maximum atomic E-state index is 11.6. The fourth-order valence-corrected chi connectivity index (χ4v) is 5.61. The van der Waals surface area contributed by atoms with Crippen LogP contribution in [0.4, 0.5) is 0 Å². The molecule has 1 aromatic heterocycles. The van der Waals surface area contributed by atoms with Crippen molar-refractivity contribution in [2.24, 2.45) is 0 Å². The Morgan fingerprint density at radius 2 is 2.25 bits per heavy atom. The van der Waals surface area contributed by atoms with Crippen LogP contribution in [0.3, 0.4) is 0 Å². The molecule has 0 saturated carbocycles. The summed E-state index contributed by atoms with van der Waals surface area (Å²) >= 11 is 2.95. The number of aliphatic carboxylic acids is 1. The van der Waals surface area contributed by atoms with Crippen molar-refractivity contribution in [3.63, 3.8) is 0 Å². The molecule has 2 aliphatic rings. The van der Waals surface area contributed by atoms with Crippen LogP contribution in [0.2, 0.25) is 0 Å². The number of aromatic nitrogens is 1. The Morgan fingerprint density at radius 3 is 2.96 bits per heavy atom. The molecule has 2 atom stereocenters. The van der Waals surface area contributed by atoms with Crippen molar-refractivity contribution in [3.05, 3.63) is 48.6 Å². The van der Waals surface area contributed by atoms with E-state index in [0.29, 0.717) is 12.2 Å². The van der Waals surface area contributed by atoms with Crippen molar-refractivity contribution in [2.45, 2.75) is 21.3 Å². The van der Waals surface area contributed by atoms with E-state index < -0.39 is 5.97 Å². The minimum Gasteiger partial charge on any atom is -0.478 e. The van der Waals surface area contributed by atoms with Crippen molar-refractivity contribution in [1.29, 1.82) is 0 Å². The first-order valence-corrected chi connectivity index (χ1v) is 9.02. The Morgan fingerprint density at radius 1 is 1.42 bits per heavy atom. The number of hydrogen-bond donors (Lipinski definition) is 1. The summed E-state index contributed by atoms with van der Waals surface area (Å²) in [6, 6.07) is 7.65. The van der Waals surface area contributed by atoms with E-state index in [9.17, 15) is 14.7 Å². The van der Waals surface area contributed by atoms with Gasteiger partial charge in [-0.3, -0.25) is 4.79 Å². The maximum Gasteiger partial charge on any atom is 0.335 e. The van der Waals surface area contributed by atoms with Crippen molar-refractivity contribution in [1.82, 2.24) is 9.88 Å². The molecule has 2 aliphatic heterocycles. The number of oxazole rings is 1. The lowest BCUT2D eigenvalue weighted by Gasteiger charge is -2.43. The smallest absolute Gasteiger partial charge is 0.335 e. The molecule has 24 heavy (non-hydrogen) atoms. The van der Waals surface area contributed by atoms with Gasteiger partial charge in [-0.25, -0.2) is 9.78 Å². The predicted molar refractivity (Wildman–Crippen MR) is 90.1 cm³/mol. The number of amides is 1. The molecule has 0 bridgehead atoms. The molecule has 3 heterocycles. The van der Waals surface area contributed by atoms with Gasteiger partial charge < -0.3 is 14.4 Å². The molecule has 8 heteroatoms. The molecule has 1 amide bonds. The molecule has 2 aromatic rings. The Bertz CT molecular complexity index is 834. The van der Waals surface area contributed by atoms with Gasteiger partial charge in [0, 0.05) is 16.7 Å². The van der Waals surface area contributed by atoms with Gasteiger partial charge in [-0.1, -0.05) is 18.2 Å². The zero-order chi connectivity index (χ0) is 16.7. The summed E-state index contributed by atoms with van der Waals surface area (Å²) in [7, 11) is 0. The molecule has 1 N–H and O–H groups in total. The average Bonchev–Trinajstić information content (AvgIpc) is 3.08. The van der Waals surface area contributed by atoms with Gasteiger partial charge in [0.1, 0.15) is 0 Å². The minimum atomic E-state index is -1.00. The summed E-state index contributed by atoms with van der Waals surface area (Å²) in [5.74, 6) is -0.396. The molecule has 0 spiro atoms. The third-order valence-corrected chi connectivity index (χ3v) is 6.74. The van der Waals surface area contributed by atoms with E-state index in [1.165, 1.54) is 41.0 Å². The van der Waals surface area contributed by atoms with E-state index in [-0.39, 0.29) is 21.4 Å². The number of carboxylic acids is 1. The van der Waals surface area contributed by atoms with Crippen LogP contribution in [0.5, 0.6) is 0 Å². The number of carbonyl (C=O) groups excluding carboxylic acids is 1. The average molecular weight is 360 g/mol. The molecule has 0 aliphatic carbocycles. The summed E-state index contributed by atoms with van der Waals surface area (Å²) in [6.45, 7) is 0. The van der Waals surface area contributed by atoms with E-state index in [2.05, 4.69) is 4.98 Å². The van der Waals surface area contributed by atoms with Gasteiger partial charge in [0.05, 0.1) is 28.1 Å². The molecule has 4 rings (SSSR count). The van der Waals surface area contributed by atoms with Crippen LogP contribution in [0, 0.1) is 0 Å². The largest absolute Gasteiger partial charge is 0.478 e. The number of nitrogens with zero attached hydrogens (tertiary/aromatic N) is 2. The van der Waals surface area contributed by atoms with Gasteiger partial charge in [0.15, 0.2) is 12.2 Å². The van der Waals surface area contributed by atoms with Crippen molar-refractivity contribution >= 4 is 35.4 Å². The van der Waals surface area contributed by atoms with Crippen molar-refractivity contribution < 1.29 is 19.1 Å². The molecular formula is C16H12N2O4S2. The highest BCUT2D eigenvalue weighted by atomic mass is 32.2. The second-order valence-corrected chi connectivity index (χ2v) is 8.03. The monoisotopic (exact) mass is 360 g/mol. The highest BCUT2D eigenvalue weighted by Gasteiger charge is 2.43. The molecule has 6 nitrogen and oxygen atoms in total. The van der Waals surface area contributed by atoms with E-state index in [4.69, 9.17) is 4.42 Å². The lowest BCUT2D eigenvalue weighted by atomic mass is 10.2. The molecular weight excluding hydrogens is 348 g/mol. The topological polar surface area (TPSA) is 83.6 Å².